The molecule has 2 aromatic rings. The summed E-state index contributed by atoms with van der Waals surface area (Å²) in [5.41, 5.74) is 2.76. The molecule has 0 atom stereocenters. The highest BCUT2D eigenvalue weighted by atomic mass is 32.2. The van der Waals surface area contributed by atoms with Crippen molar-refractivity contribution in [3.05, 3.63) is 41.1 Å². The molecule has 1 aliphatic rings. The fourth-order valence-electron chi connectivity index (χ4n) is 3.90. The Hall–Kier alpha value is -2.63. The van der Waals surface area contributed by atoms with E-state index in [1.54, 1.807) is 49.6 Å². The zero-order valence-electron chi connectivity index (χ0n) is 16.9. The van der Waals surface area contributed by atoms with Crippen LogP contribution in [-0.2, 0) is 26.1 Å². The van der Waals surface area contributed by atoms with Gasteiger partial charge >= 0.3 is 5.97 Å². The smallest absolute Gasteiger partial charge is 0.325 e. The van der Waals surface area contributed by atoms with Crippen molar-refractivity contribution in [1.29, 1.82) is 5.26 Å². The molecule has 0 aliphatic carbocycles. The van der Waals surface area contributed by atoms with E-state index in [0.29, 0.717) is 41.2 Å². The largest absolute Gasteiger partial charge is 0.465 e. The molecule has 0 amide bonds. The molecular weight excluding hydrogens is 390 g/mol. The van der Waals surface area contributed by atoms with Gasteiger partial charge in [-0.15, -0.1) is 0 Å². The quantitative estimate of drug-likeness (QED) is 0.676. The van der Waals surface area contributed by atoms with Crippen molar-refractivity contribution in [2.24, 2.45) is 0 Å². The summed E-state index contributed by atoms with van der Waals surface area (Å²) in [6.07, 6.45) is 1.69. The SMILES string of the molecule is CCOC(=O)Cn1c(C)c(C#N)c(C)c1-c1ccccc1S(=O)(=O)N1CCCC1. The number of nitriles is 1. The van der Waals surface area contributed by atoms with E-state index in [2.05, 4.69) is 6.07 Å². The highest BCUT2D eigenvalue weighted by Crippen LogP contribution is 2.36. The Kier molecular flexibility index (Phi) is 6.10. The Morgan fingerprint density at radius 3 is 2.48 bits per heavy atom. The lowest BCUT2D eigenvalue weighted by molar-refractivity contribution is -0.143. The van der Waals surface area contributed by atoms with Gasteiger partial charge in [-0.2, -0.15) is 9.57 Å². The first kappa shape index (κ1) is 21.1. The van der Waals surface area contributed by atoms with Crippen LogP contribution >= 0.6 is 0 Å². The van der Waals surface area contributed by atoms with Crippen molar-refractivity contribution >= 4 is 16.0 Å². The molecule has 0 radical (unpaired) electrons. The predicted octanol–water partition coefficient (Wildman–Crippen LogP) is 2.99. The fraction of sp³-hybridized carbons (Fsp3) is 0.429. The van der Waals surface area contributed by atoms with Crippen LogP contribution in [-0.4, -0.2) is 43.0 Å². The van der Waals surface area contributed by atoms with Crippen molar-refractivity contribution in [2.45, 2.75) is 45.1 Å². The van der Waals surface area contributed by atoms with Gasteiger partial charge in [0.1, 0.15) is 12.6 Å². The van der Waals surface area contributed by atoms with Crippen molar-refractivity contribution in [3.8, 4) is 17.3 Å². The average molecular weight is 416 g/mol. The number of hydrogen-bond donors (Lipinski definition) is 0. The lowest BCUT2D eigenvalue weighted by Gasteiger charge is -2.20. The summed E-state index contributed by atoms with van der Waals surface area (Å²) in [7, 11) is -3.68. The molecule has 1 fully saturated rings. The van der Waals surface area contributed by atoms with Gasteiger partial charge in [0.15, 0.2) is 0 Å². The Bertz CT molecular complexity index is 1070. The van der Waals surface area contributed by atoms with Crippen molar-refractivity contribution < 1.29 is 17.9 Å². The highest BCUT2D eigenvalue weighted by Gasteiger charge is 2.31. The predicted molar refractivity (Wildman–Crippen MR) is 109 cm³/mol. The number of hydrogen-bond acceptors (Lipinski definition) is 5. The van der Waals surface area contributed by atoms with Crippen molar-refractivity contribution in [2.75, 3.05) is 19.7 Å². The summed E-state index contributed by atoms with van der Waals surface area (Å²) in [6.45, 7) is 6.43. The van der Waals surface area contributed by atoms with E-state index in [-0.39, 0.29) is 18.0 Å². The molecule has 2 heterocycles. The van der Waals surface area contributed by atoms with Crippen LogP contribution in [0.5, 0.6) is 0 Å². The van der Waals surface area contributed by atoms with Gasteiger partial charge in [-0.25, -0.2) is 8.42 Å². The minimum atomic E-state index is -3.68. The van der Waals surface area contributed by atoms with Gasteiger partial charge in [0.25, 0.3) is 0 Å². The third kappa shape index (κ3) is 3.80. The Morgan fingerprint density at radius 2 is 1.86 bits per heavy atom. The molecule has 0 N–H and O–H groups in total. The number of aromatic nitrogens is 1. The van der Waals surface area contributed by atoms with Crippen LogP contribution in [0.25, 0.3) is 11.3 Å². The second-order valence-corrected chi connectivity index (χ2v) is 8.95. The molecule has 1 aromatic heterocycles. The Morgan fingerprint density at radius 1 is 1.21 bits per heavy atom. The monoisotopic (exact) mass is 415 g/mol. The molecule has 154 valence electrons. The van der Waals surface area contributed by atoms with Gasteiger partial charge in [0.2, 0.25) is 10.0 Å². The number of carbonyl (C=O) groups excluding carboxylic acids is 1. The first-order valence-corrected chi connectivity index (χ1v) is 11.1. The van der Waals surface area contributed by atoms with E-state index < -0.39 is 16.0 Å². The second-order valence-electron chi connectivity index (χ2n) is 7.04. The molecule has 3 rings (SSSR count). The zero-order chi connectivity index (χ0) is 21.2. The third-order valence-corrected chi connectivity index (χ3v) is 7.25. The number of esters is 1. The summed E-state index contributed by atoms with van der Waals surface area (Å²) in [4.78, 5) is 12.4. The maximum Gasteiger partial charge on any atom is 0.325 e. The number of rotatable bonds is 6. The van der Waals surface area contributed by atoms with Gasteiger partial charge in [0.05, 0.1) is 22.8 Å². The van der Waals surface area contributed by atoms with E-state index in [4.69, 9.17) is 4.74 Å². The topological polar surface area (TPSA) is 92.4 Å². The maximum absolute atomic E-state index is 13.3. The minimum Gasteiger partial charge on any atom is -0.465 e. The fourth-order valence-corrected chi connectivity index (χ4v) is 5.61. The van der Waals surface area contributed by atoms with Crippen LogP contribution in [0, 0.1) is 25.2 Å². The average Bonchev–Trinajstić information content (AvgIpc) is 3.30. The van der Waals surface area contributed by atoms with Gasteiger partial charge in [0, 0.05) is 24.3 Å². The van der Waals surface area contributed by atoms with Gasteiger partial charge < -0.3 is 9.30 Å². The molecule has 0 unspecified atom stereocenters. The summed E-state index contributed by atoms with van der Waals surface area (Å²) in [5.74, 6) is -0.434. The third-order valence-electron chi connectivity index (χ3n) is 5.30. The first-order chi connectivity index (χ1) is 13.8. The highest BCUT2D eigenvalue weighted by molar-refractivity contribution is 7.89. The van der Waals surface area contributed by atoms with Crippen molar-refractivity contribution in [1.82, 2.24) is 8.87 Å². The van der Waals surface area contributed by atoms with Gasteiger partial charge in [-0.05, 0) is 45.2 Å². The summed E-state index contributed by atoms with van der Waals surface area (Å²) >= 11 is 0. The molecule has 0 saturated carbocycles. The van der Waals surface area contributed by atoms with E-state index in [1.165, 1.54) is 4.31 Å². The first-order valence-electron chi connectivity index (χ1n) is 9.67. The molecule has 8 heteroatoms. The van der Waals surface area contributed by atoms with Crippen molar-refractivity contribution in [3.63, 3.8) is 0 Å². The molecule has 7 nitrogen and oxygen atoms in total. The van der Waals surface area contributed by atoms with Crippen LogP contribution in [0.2, 0.25) is 0 Å². The summed E-state index contributed by atoms with van der Waals surface area (Å²) in [5, 5.41) is 9.62. The zero-order valence-corrected chi connectivity index (χ0v) is 17.8. The maximum atomic E-state index is 13.3. The summed E-state index contributed by atoms with van der Waals surface area (Å²) in [6, 6.07) is 8.96. The molecular formula is C21H25N3O4S. The number of carbonyl (C=O) groups is 1. The number of benzene rings is 1. The Labute approximate surface area is 171 Å². The van der Waals surface area contributed by atoms with Gasteiger partial charge in [-0.1, -0.05) is 18.2 Å². The standard InChI is InChI=1S/C21H25N3O4S/c1-4-28-20(25)14-24-16(3)18(13-22)15(2)21(24)17-9-5-6-10-19(17)29(26,27)23-11-7-8-12-23/h5-6,9-10H,4,7-8,11-12,14H2,1-3H3. The van der Waals surface area contributed by atoms with E-state index >= 15 is 0 Å². The Balaban J connectivity index is 2.22. The molecule has 0 spiro atoms. The van der Waals surface area contributed by atoms with Crippen LogP contribution < -0.4 is 0 Å². The normalized spacial score (nSPS) is 14.7. The minimum absolute atomic E-state index is 0.0877. The van der Waals surface area contributed by atoms with Crippen LogP contribution in [0.3, 0.4) is 0 Å². The molecule has 29 heavy (non-hydrogen) atoms. The van der Waals surface area contributed by atoms with Crippen LogP contribution in [0.4, 0.5) is 0 Å². The number of sulfonamides is 1. The summed E-state index contributed by atoms with van der Waals surface area (Å²) < 4.78 is 34.9. The molecule has 1 aliphatic heterocycles. The lowest BCUT2D eigenvalue weighted by Crippen LogP contribution is -2.28. The lowest BCUT2D eigenvalue weighted by atomic mass is 10.1. The second kappa shape index (κ2) is 8.39. The van der Waals surface area contributed by atoms with E-state index in [9.17, 15) is 18.5 Å². The van der Waals surface area contributed by atoms with Crippen LogP contribution in [0.15, 0.2) is 29.2 Å². The molecule has 1 aromatic carbocycles. The number of ether oxygens (including phenoxy) is 1. The molecule has 1 saturated heterocycles. The van der Waals surface area contributed by atoms with E-state index in [0.717, 1.165) is 12.8 Å². The van der Waals surface area contributed by atoms with Crippen LogP contribution in [0.1, 0.15) is 36.6 Å². The van der Waals surface area contributed by atoms with E-state index in [1.807, 2.05) is 0 Å². The van der Waals surface area contributed by atoms with Gasteiger partial charge in [-0.3, -0.25) is 4.79 Å². The number of nitrogens with zero attached hydrogens (tertiary/aromatic N) is 3. The molecule has 0 bridgehead atoms.